The number of nitrogens with zero attached hydrogens (tertiary/aromatic N) is 4. The van der Waals surface area contributed by atoms with Crippen LogP contribution in [0.15, 0.2) is 48.9 Å². The Morgan fingerprint density at radius 3 is 2.77 bits per heavy atom. The van der Waals surface area contributed by atoms with Gasteiger partial charge in [-0.3, -0.25) is 9.97 Å². The van der Waals surface area contributed by atoms with Crippen LogP contribution in [-0.2, 0) is 0 Å². The second-order valence-electron chi connectivity index (χ2n) is 8.32. The van der Waals surface area contributed by atoms with Crippen LogP contribution in [0.4, 0.5) is 10.1 Å². The molecular formula is C23H23FN6. The molecule has 30 heavy (non-hydrogen) atoms. The van der Waals surface area contributed by atoms with E-state index >= 15 is 0 Å². The minimum Gasteiger partial charge on any atom is -0.368 e. The Labute approximate surface area is 174 Å². The van der Waals surface area contributed by atoms with Gasteiger partial charge in [0.25, 0.3) is 0 Å². The average molecular weight is 402 g/mol. The number of nitrogens with two attached hydrogens (primary N) is 1. The van der Waals surface area contributed by atoms with E-state index in [0.717, 1.165) is 47.6 Å². The first-order valence-corrected chi connectivity index (χ1v) is 10.0. The summed E-state index contributed by atoms with van der Waals surface area (Å²) in [5.74, 6) is 0.247. The highest BCUT2D eigenvalue weighted by Crippen LogP contribution is 2.41. The van der Waals surface area contributed by atoms with Gasteiger partial charge >= 0.3 is 0 Å². The first kappa shape index (κ1) is 18.7. The number of pyridine rings is 2. The predicted octanol–water partition coefficient (Wildman–Crippen LogP) is 4.06. The summed E-state index contributed by atoms with van der Waals surface area (Å²) in [7, 11) is 0. The lowest BCUT2D eigenvalue weighted by molar-refractivity contribution is 0.525. The summed E-state index contributed by atoms with van der Waals surface area (Å²) in [6.07, 6.45) is 6.34. The molecule has 0 bridgehead atoms. The Kier molecular flexibility index (Phi) is 4.29. The van der Waals surface area contributed by atoms with Gasteiger partial charge in [0, 0.05) is 48.5 Å². The fraction of sp³-hybridized carbons (Fsp3) is 0.261. The molecule has 6 nitrogen and oxygen atoms in total. The number of halogens is 1. The van der Waals surface area contributed by atoms with Gasteiger partial charge in [0.15, 0.2) is 5.82 Å². The number of hydrogen-bond acceptors (Lipinski definition) is 5. The fourth-order valence-electron chi connectivity index (χ4n) is 4.19. The molecule has 0 aliphatic carbocycles. The molecule has 0 spiro atoms. The fourth-order valence-corrected chi connectivity index (χ4v) is 4.19. The first-order valence-electron chi connectivity index (χ1n) is 10.0. The summed E-state index contributed by atoms with van der Waals surface area (Å²) < 4.78 is 14.3. The third-order valence-corrected chi connectivity index (χ3v) is 5.66. The van der Waals surface area contributed by atoms with E-state index < -0.39 is 0 Å². The van der Waals surface area contributed by atoms with Crippen LogP contribution < -0.4 is 10.6 Å². The second kappa shape index (κ2) is 6.88. The molecule has 7 heteroatoms. The Bertz CT molecular complexity index is 1250. The molecule has 5 rings (SSSR count). The van der Waals surface area contributed by atoms with E-state index in [4.69, 9.17) is 5.73 Å². The Morgan fingerprint density at radius 2 is 2.03 bits per heavy atom. The molecule has 0 unspecified atom stereocenters. The summed E-state index contributed by atoms with van der Waals surface area (Å²) in [5, 5.41) is 0. The van der Waals surface area contributed by atoms with Gasteiger partial charge < -0.3 is 15.6 Å². The van der Waals surface area contributed by atoms with Crippen LogP contribution in [0.5, 0.6) is 0 Å². The number of H-pyrrole nitrogens is 1. The van der Waals surface area contributed by atoms with Gasteiger partial charge in [0.05, 0.1) is 16.8 Å². The minimum atomic E-state index is -0.346. The normalized spacial score (nSPS) is 19.0. The molecule has 0 radical (unpaired) electrons. The number of aromatic nitrogens is 4. The Balaban J connectivity index is 1.74. The minimum absolute atomic E-state index is 0.272. The van der Waals surface area contributed by atoms with Crippen molar-refractivity contribution >= 4 is 16.7 Å². The van der Waals surface area contributed by atoms with Crippen LogP contribution >= 0.6 is 0 Å². The van der Waals surface area contributed by atoms with Crippen LogP contribution in [0.25, 0.3) is 33.5 Å². The molecule has 0 amide bonds. The van der Waals surface area contributed by atoms with E-state index in [1.165, 1.54) is 6.07 Å². The van der Waals surface area contributed by atoms with Gasteiger partial charge in [-0.2, -0.15) is 0 Å². The SMILES string of the molecule is Cc1cc(-c2cncc(-c3nc4c(F)cccc4[nH]3)c2N2CC[C@](C)(N)C2)ccn1. The van der Waals surface area contributed by atoms with Gasteiger partial charge in [-0.15, -0.1) is 0 Å². The highest BCUT2D eigenvalue weighted by atomic mass is 19.1. The third kappa shape index (κ3) is 3.21. The third-order valence-electron chi connectivity index (χ3n) is 5.66. The second-order valence-corrected chi connectivity index (χ2v) is 8.32. The van der Waals surface area contributed by atoms with Crippen molar-refractivity contribution in [2.24, 2.45) is 5.73 Å². The Morgan fingerprint density at radius 1 is 1.20 bits per heavy atom. The van der Waals surface area contributed by atoms with Crippen molar-refractivity contribution in [2.45, 2.75) is 25.8 Å². The van der Waals surface area contributed by atoms with E-state index in [1.807, 2.05) is 31.3 Å². The summed E-state index contributed by atoms with van der Waals surface area (Å²) in [6.45, 7) is 5.58. The predicted molar refractivity (Wildman–Crippen MR) is 117 cm³/mol. The molecule has 152 valence electrons. The monoisotopic (exact) mass is 402 g/mol. The van der Waals surface area contributed by atoms with Crippen molar-refractivity contribution in [3.8, 4) is 22.5 Å². The lowest BCUT2D eigenvalue weighted by atomic mass is 10.0. The molecule has 1 aromatic carbocycles. The highest BCUT2D eigenvalue weighted by molar-refractivity contribution is 5.91. The summed E-state index contributed by atoms with van der Waals surface area (Å²) in [5.41, 5.74) is 11.9. The first-order chi connectivity index (χ1) is 14.4. The van der Waals surface area contributed by atoms with Gasteiger partial charge in [0.1, 0.15) is 11.3 Å². The van der Waals surface area contributed by atoms with Gasteiger partial charge in [-0.1, -0.05) is 6.07 Å². The highest BCUT2D eigenvalue weighted by Gasteiger charge is 2.33. The van der Waals surface area contributed by atoms with Crippen molar-refractivity contribution in [2.75, 3.05) is 18.0 Å². The molecular weight excluding hydrogens is 379 g/mol. The molecule has 1 saturated heterocycles. The lowest BCUT2D eigenvalue weighted by Gasteiger charge is -2.26. The molecule has 0 saturated carbocycles. The number of rotatable bonds is 3. The van der Waals surface area contributed by atoms with Crippen LogP contribution in [0.2, 0.25) is 0 Å². The number of benzene rings is 1. The van der Waals surface area contributed by atoms with Crippen molar-refractivity contribution < 1.29 is 4.39 Å². The molecule has 4 aromatic rings. The maximum Gasteiger partial charge on any atom is 0.151 e. The molecule has 4 heterocycles. The molecule has 1 atom stereocenters. The summed E-state index contributed by atoms with van der Waals surface area (Å²) >= 11 is 0. The summed E-state index contributed by atoms with van der Waals surface area (Å²) in [6, 6.07) is 8.94. The number of aryl methyl sites for hydroxylation is 1. The molecule has 3 aromatic heterocycles. The van der Waals surface area contributed by atoms with Gasteiger partial charge in [-0.25, -0.2) is 9.37 Å². The lowest BCUT2D eigenvalue weighted by Crippen LogP contribution is -2.39. The summed E-state index contributed by atoms with van der Waals surface area (Å²) in [4.78, 5) is 18.9. The van der Waals surface area contributed by atoms with Crippen molar-refractivity contribution in [1.29, 1.82) is 0 Å². The molecule has 3 N–H and O–H groups in total. The number of anilines is 1. The van der Waals surface area contributed by atoms with Crippen molar-refractivity contribution in [3.05, 3.63) is 60.4 Å². The topological polar surface area (TPSA) is 83.7 Å². The van der Waals surface area contributed by atoms with E-state index in [2.05, 4.69) is 31.8 Å². The molecule has 1 aliphatic heterocycles. The number of nitrogens with one attached hydrogen (secondary N) is 1. The largest absolute Gasteiger partial charge is 0.368 e. The van der Waals surface area contributed by atoms with Gasteiger partial charge in [0.2, 0.25) is 0 Å². The average Bonchev–Trinajstić information content (AvgIpc) is 3.31. The zero-order valence-corrected chi connectivity index (χ0v) is 17.0. The number of hydrogen-bond donors (Lipinski definition) is 2. The smallest absolute Gasteiger partial charge is 0.151 e. The number of para-hydroxylation sites is 1. The van der Waals surface area contributed by atoms with Crippen LogP contribution in [-0.4, -0.2) is 38.6 Å². The van der Waals surface area contributed by atoms with E-state index in [1.54, 1.807) is 18.5 Å². The maximum atomic E-state index is 14.3. The number of aromatic amines is 1. The standard InChI is InChI=1S/C23H23FN6/c1-14-10-15(6-8-27-14)16-11-26-12-17(21(16)30-9-7-23(2,25)13-30)22-28-19-5-3-4-18(24)20(19)29-22/h3-6,8,10-12H,7,9,13,25H2,1-2H3,(H,28,29)/t23-/m0/s1. The molecule has 1 fully saturated rings. The van der Waals surface area contributed by atoms with E-state index in [-0.39, 0.29) is 11.4 Å². The Hall–Kier alpha value is -3.32. The van der Waals surface area contributed by atoms with Crippen LogP contribution in [0.3, 0.4) is 0 Å². The van der Waals surface area contributed by atoms with Crippen LogP contribution in [0.1, 0.15) is 19.0 Å². The quantitative estimate of drug-likeness (QED) is 0.540. The molecule has 1 aliphatic rings. The van der Waals surface area contributed by atoms with Crippen LogP contribution in [0, 0.1) is 12.7 Å². The zero-order valence-electron chi connectivity index (χ0n) is 17.0. The zero-order chi connectivity index (χ0) is 20.9. The van der Waals surface area contributed by atoms with Crippen molar-refractivity contribution in [1.82, 2.24) is 19.9 Å². The van der Waals surface area contributed by atoms with Crippen molar-refractivity contribution in [3.63, 3.8) is 0 Å². The number of fused-ring (bicyclic) bond motifs is 1. The van der Waals surface area contributed by atoms with Gasteiger partial charge in [-0.05, 0) is 50.1 Å². The number of imidazole rings is 1. The van der Waals surface area contributed by atoms with E-state index in [9.17, 15) is 4.39 Å². The maximum absolute atomic E-state index is 14.3. The van der Waals surface area contributed by atoms with E-state index in [0.29, 0.717) is 16.9 Å².